The molecule has 0 N–H and O–H groups in total. The van der Waals surface area contributed by atoms with Crippen molar-refractivity contribution >= 4 is 31.3 Å². The maximum absolute atomic E-state index is 11.4. The number of aryl methyl sites for hydroxylation is 1. The second kappa shape index (κ2) is 5.74. The Morgan fingerprint density at radius 3 is 2.21 bits per heavy atom. The van der Waals surface area contributed by atoms with Gasteiger partial charge in [0.1, 0.15) is 0 Å². The van der Waals surface area contributed by atoms with Gasteiger partial charge in [0.05, 0.1) is 29.9 Å². The molecule has 0 aliphatic carbocycles. The molecule has 0 spiro atoms. The van der Waals surface area contributed by atoms with E-state index in [2.05, 4.69) is 8.15 Å². The molecule has 1 aromatic rings. The summed E-state index contributed by atoms with van der Waals surface area (Å²) in [5, 5.41) is 0. The number of hydrogen-bond donors (Lipinski definition) is 0. The molecule has 0 saturated carbocycles. The molecule has 78 valence electrons. The van der Waals surface area contributed by atoms with Gasteiger partial charge in [0, 0.05) is 0 Å². The summed E-state index contributed by atoms with van der Waals surface area (Å²) in [5.74, 6) is 0. The summed E-state index contributed by atoms with van der Waals surface area (Å²) in [5.41, 5.74) is 1.02. The summed E-state index contributed by atoms with van der Waals surface area (Å²) >= 11 is 10.0. The lowest BCUT2D eigenvalue weighted by Gasteiger charge is -2.08. The molecule has 0 saturated heterocycles. The zero-order valence-corrected chi connectivity index (χ0v) is 9.64. The van der Waals surface area contributed by atoms with Crippen LogP contribution in [0.15, 0.2) is 30.3 Å². The van der Waals surface area contributed by atoms with Crippen molar-refractivity contribution in [2.45, 2.75) is 6.42 Å². The smallest absolute Gasteiger partial charge is 0.257 e. The number of rotatable bonds is 5. The van der Waals surface area contributed by atoms with Crippen molar-refractivity contribution in [3.8, 4) is 0 Å². The first-order chi connectivity index (χ1) is 6.70. The first-order valence-corrected chi connectivity index (χ1v) is 6.28. The zero-order chi connectivity index (χ0) is 10.4. The lowest BCUT2D eigenvalue weighted by atomic mass is 10.2. The average molecular weight is 255 g/mol. The summed E-state index contributed by atoms with van der Waals surface area (Å²) in [4.78, 5) is 0. The average Bonchev–Trinajstić information content (AvgIpc) is 2.27. The first kappa shape index (κ1) is 12.0. The van der Waals surface area contributed by atoms with E-state index in [1.54, 1.807) is 0 Å². The highest BCUT2D eigenvalue weighted by Gasteiger charge is 2.23. The highest BCUT2D eigenvalue weighted by atomic mass is 35.5. The molecular formula is C8H9Cl2O3P. The summed E-state index contributed by atoms with van der Waals surface area (Å²) in [7, 11) is -3.32. The molecule has 0 radical (unpaired) electrons. The second-order valence-corrected chi connectivity index (χ2v) is 5.48. The molecule has 0 fully saturated rings. The normalized spacial score (nSPS) is 11.6. The standard InChI is InChI=1S/C8H9Cl2O3P/c9-12-14(11,13-10)7-6-8-4-2-1-3-5-8/h1-5H,6-7H2. The Kier molecular flexibility index (Phi) is 4.93. The fraction of sp³-hybridized carbons (Fsp3) is 0.250. The molecule has 0 unspecified atom stereocenters. The van der Waals surface area contributed by atoms with E-state index in [1.165, 1.54) is 0 Å². The van der Waals surface area contributed by atoms with Crippen LogP contribution in [0.1, 0.15) is 5.56 Å². The van der Waals surface area contributed by atoms with Crippen molar-refractivity contribution in [3.63, 3.8) is 0 Å². The van der Waals surface area contributed by atoms with Crippen LogP contribution in [0.3, 0.4) is 0 Å². The van der Waals surface area contributed by atoms with Crippen LogP contribution in [0.4, 0.5) is 0 Å². The van der Waals surface area contributed by atoms with E-state index in [-0.39, 0.29) is 6.16 Å². The summed E-state index contributed by atoms with van der Waals surface area (Å²) in [6.45, 7) is 0. The molecule has 0 amide bonds. The minimum atomic E-state index is -3.32. The van der Waals surface area contributed by atoms with Gasteiger partial charge in [-0.05, 0) is 12.0 Å². The van der Waals surface area contributed by atoms with Crippen LogP contribution in [0.5, 0.6) is 0 Å². The van der Waals surface area contributed by atoms with Crippen molar-refractivity contribution in [3.05, 3.63) is 35.9 Å². The molecule has 0 heterocycles. The van der Waals surface area contributed by atoms with E-state index in [0.717, 1.165) is 5.56 Å². The minimum Gasteiger partial charge on any atom is -0.257 e. The predicted octanol–water partition coefficient (Wildman–Crippen LogP) is 3.76. The van der Waals surface area contributed by atoms with Crippen molar-refractivity contribution in [2.75, 3.05) is 6.16 Å². The summed E-state index contributed by atoms with van der Waals surface area (Å²) in [6, 6.07) is 9.51. The molecule has 0 atom stereocenters. The van der Waals surface area contributed by atoms with Crippen molar-refractivity contribution in [1.82, 2.24) is 0 Å². The fourth-order valence-corrected chi connectivity index (χ4v) is 2.35. The number of hydrogen-bond acceptors (Lipinski definition) is 3. The van der Waals surface area contributed by atoms with Crippen LogP contribution in [0, 0.1) is 0 Å². The quantitative estimate of drug-likeness (QED) is 0.751. The minimum absolute atomic E-state index is 0.157. The molecule has 1 aromatic carbocycles. The third kappa shape index (κ3) is 3.60. The van der Waals surface area contributed by atoms with Gasteiger partial charge < -0.3 is 0 Å². The van der Waals surface area contributed by atoms with Gasteiger partial charge in [-0.3, -0.25) is 4.57 Å². The van der Waals surface area contributed by atoms with Crippen LogP contribution < -0.4 is 0 Å². The molecule has 0 aliphatic heterocycles. The zero-order valence-electron chi connectivity index (χ0n) is 7.23. The first-order valence-electron chi connectivity index (χ1n) is 3.94. The van der Waals surface area contributed by atoms with Gasteiger partial charge in [0.15, 0.2) is 0 Å². The van der Waals surface area contributed by atoms with Gasteiger partial charge in [-0.25, -0.2) is 0 Å². The topological polar surface area (TPSA) is 35.5 Å². The van der Waals surface area contributed by atoms with Crippen molar-refractivity contribution in [2.24, 2.45) is 0 Å². The molecule has 0 aromatic heterocycles. The van der Waals surface area contributed by atoms with E-state index in [9.17, 15) is 4.57 Å². The molecule has 14 heavy (non-hydrogen) atoms. The van der Waals surface area contributed by atoms with Crippen LogP contribution in [0.25, 0.3) is 0 Å². The Labute approximate surface area is 92.8 Å². The Balaban J connectivity index is 2.52. The van der Waals surface area contributed by atoms with Gasteiger partial charge >= 0.3 is 7.60 Å². The van der Waals surface area contributed by atoms with Crippen LogP contribution in [-0.2, 0) is 19.1 Å². The fourth-order valence-electron chi connectivity index (χ4n) is 0.990. The third-order valence-electron chi connectivity index (χ3n) is 1.73. The van der Waals surface area contributed by atoms with Gasteiger partial charge in [-0.2, -0.15) is 8.15 Å². The predicted molar refractivity (Wildman–Crippen MR) is 56.5 cm³/mol. The summed E-state index contributed by atoms with van der Waals surface area (Å²) in [6.07, 6.45) is 0.696. The molecule has 3 nitrogen and oxygen atoms in total. The van der Waals surface area contributed by atoms with E-state index in [4.69, 9.17) is 23.7 Å². The van der Waals surface area contributed by atoms with Crippen LogP contribution in [0.2, 0.25) is 0 Å². The van der Waals surface area contributed by atoms with E-state index in [0.29, 0.717) is 6.42 Å². The van der Waals surface area contributed by atoms with E-state index >= 15 is 0 Å². The lowest BCUT2D eigenvalue weighted by Crippen LogP contribution is -1.94. The summed E-state index contributed by atoms with van der Waals surface area (Å²) < 4.78 is 19.8. The molecule has 1 rings (SSSR count). The SMILES string of the molecule is O=P(CCc1ccccc1)(OCl)OCl. The Morgan fingerprint density at radius 1 is 1.14 bits per heavy atom. The molecule has 0 aliphatic rings. The van der Waals surface area contributed by atoms with Gasteiger partial charge in [0.2, 0.25) is 0 Å². The third-order valence-corrected chi connectivity index (χ3v) is 4.18. The highest BCUT2D eigenvalue weighted by Crippen LogP contribution is 2.50. The number of benzene rings is 1. The van der Waals surface area contributed by atoms with Crippen molar-refractivity contribution < 1.29 is 12.7 Å². The Hall–Kier alpha value is -0.0500. The molecule has 6 heteroatoms. The molecular weight excluding hydrogens is 246 g/mol. The van der Waals surface area contributed by atoms with Crippen LogP contribution in [-0.4, -0.2) is 6.16 Å². The van der Waals surface area contributed by atoms with Gasteiger partial charge in [-0.1, -0.05) is 30.3 Å². The number of halogens is 2. The van der Waals surface area contributed by atoms with Gasteiger partial charge in [0.25, 0.3) is 0 Å². The van der Waals surface area contributed by atoms with E-state index < -0.39 is 7.60 Å². The lowest BCUT2D eigenvalue weighted by molar-refractivity contribution is 0.415. The Bertz CT molecular complexity index is 310. The van der Waals surface area contributed by atoms with Crippen molar-refractivity contribution in [1.29, 1.82) is 0 Å². The Morgan fingerprint density at radius 2 is 1.71 bits per heavy atom. The highest BCUT2D eigenvalue weighted by molar-refractivity contribution is 7.55. The van der Waals surface area contributed by atoms with Crippen LogP contribution >= 0.6 is 31.3 Å². The largest absolute Gasteiger partial charge is 0.363 e. The maximum Gasteiger partial charge on any atom is 0.363 e. The maximum atomic E-state index is 11.4. The van der Waals surface area contributed by atoms with E-state index in [1.807, 2.05) is 30.3 Å². The van der Waals surface area contributed by atoms with Gasteiger partial charge in [-0.15, -0.1) is 0 Å². The second-order valence-electron chi connectivity index (χ2n) is 2.71. The molecule has 0 bridgehead atoms. The monoisotopic (exact) mass is 254 g/mol.